The third kappa shape index (κ3) is 3.37. The number of amides is 2. The van der Waals surface area contributed by atoms with Crippen LogP contribution in [0.1, 0.15) is 35.6 Å². The number of carbonyl (C=O) groups is 2. The van der Waals surface area contributed by atoms with E-state index in [4.69, 9.17) is 4.42 Å². The second-order valence-corrected chi connectivity index (χ2v) is 7.38. The Labute approximate surface area is 157 Å². The van der Waals surface area contributed by atoms with Gasteiger partial charge in [-0.1, -0.05) is 0 Å². The third-order valence-electron chi connectivity index (χ3n) is 5.61. The second-order valence-electron chi connectivity index (χ2n) is 7.38. The van der Waals surface area contributed by atoms with E-state index < -0.39 is 5.41 Å². The summed E-state index contributed by atoms with van der Waals surface area (Å²) in [6.45, 7) is 2.51. The van der Waals surface area contributed by atoms with Crippen LogP contribution in [0.2, 0.25) is 0 Å². The van der Waals surface area contributed by atoms with Crippen molar-refractivity contribution in [2.45, 2.75) is 25.8 Å². The van der Waals surface area contributed by atoms with Gasteiger partial charge in [-0.2, -0.15) is 0 Å². The summed E-state index contributed by atoms with van der Waals surface area (Å²) in [5.74, 6) is 0.889. The van der Waals surface area contributed by atoms with E-state index in [1.807, 2.05) is 10.8 Å². The number of hydrogen-bond donors (Lipinski definition) is 1. The van der Waals surface area contributed by atoms with Gasteiger partial charge >= 0.3 is 0 Å². The fourth-order valence-corrected chi connectivity index (χ4v) is 4.20. The van der Waals surface area contributed by atoms with Crippen LogP contribution in [0.15, 0.2) is 35.3 Å². The van der Waals surface area contributed by atoms with Gasteiger partial charge in [0.15, 0.2) is 5.76 Å². The van der Waals surface area contributed by atoms with Crippen molar-refractivity contribution in [3.8, 4) is 0 Å². The minimum absolute atomic E-state index is 0.0312. The topological polar surface area (TPSA) is 91.8 Å². The first kappa shape index (κ1) is 17.8. The predicted octanol–water partition coefficient (Wildman–Crippen LogP) is 0.971. The summed E-state index contributed by atoms with van der Waals surface area (Å²) < 4.78 is 7.59. The number of nitrogens with zero attached hydrogens (tertiary/aromatic N) is 4. The number of hydrogen-bond acceptors (Lipinski definition) is 5. The van der Waals surface area contributed by atoms with Crippen molar-refractivity contribution in [3.05, 3.63) is 42.4 Å². The molecule has 0 saturated carbocycles. The van der Waals surface area contributed by atoms with Crippen molar-refractivity contribution in [2.24, 2.45) is 5.41 Å². The van der Waals surface area contributed by atoms with Crippen molar-refractivity contribution in [3.63, 3.8) is 0 Å². The number of carbonyl (C=O) groups excluding carboxylic acids is 2. The average molecular weight is 372 g/mol. The van der Waals surface area contributed by atoms with Crippen LogP contribution in [0.5, 0.6) is 0 Å². The number of furan rings is 1. The fraction of sp³-hybridized carbons (Fsp3) is 0.526. The Morgan fingerprint density at radius 2 is 2.19 bits per heavy atom. The smallest absolute Gasteiger partial charge is 0.289 e. The molecule has 8 nitrogen and oxygen atoms in total. The van der Waals surface area contributed by atoms with Gasteiger partial charge in [-0.15, -0.1) is 0 Å². The third-order valence-corrected chi connectivity index (χ3v) is 5.61. The van der Waals surface area contributed by atoms with E-state index >= 15 is 0 Å². The van der Waals surface area contributed by atoms with E-state index in [0.29, 0.717) is 50.7 Å². The second kappa shape index (κ2) is 7.19. The molecule has 0 bridgehead atoms. The Morgan fingerprint density at radius 1 is 1.30 bits per heavy atom. The van der Waals surface area contributed by atoms with Crippen LogP contribution in [0.3, 0.4) is 0 Å². The number of aromatic nitrogens is 2. The summed E-state index contributed by atoms with van der Waals surface area (Å²) in [6.07, 6.45) is 7.59. The zero-order chi connectivity index (χ0) is 18.9. The Bertz CT molecular complexity index is 814. The Balaban J connectivity index is 1.43. The predicted molar refractivity (Wildman–Crippen MR) is 95.9 cm³/mol. The highest BCUT2D eigenvalue weighted by atomic mass is 16.4. The van der Waals surface area contributed by atoms with Crippen LogP contribution >= 0.6 is 0 Å². The molecule has 0 aromatic carbocycles. The van der Waals surface area contributed by atoms with Gasteiger partial charge in [-0.25, -0.2) is 4.98 Å². The summed E-state index contributed by atoms with van der Waals surface area (Å²) in [4.78, 5) is 33.2. The minimum Gasteiger partial charge on any atom is -0.454 e. The van der Waals surface area contributed by atoms with Crippen LogP contribution in [-0.2, 0) is 11.3 Å². The molecule has 2 amide bonds. The Kier molecular flexibility index (Phi) is 4.73. The number of imidazole rings is 1. The SMILES string of the molecule is O=C(c1ccc(Cn2ccnc2)o1)N1CC[C@@]2(CCCN(CCO)C2=O)C1. The molecule has 8 heteroatoms. The molecule has 0 unspecified atom stereocenters. The molecule has 2 aliphatic heterocycles. The first-order valence-corrected chi connectivity index (χ1v) is 9.35. The standard InChI is InChI=1S/C19H24N4O4/c24-11-10-22-7-1-4-19(18(22)26)5-8-23(13-19)17(25)16-3-2-15(27-16)12-21-9-6-20-14-21/h2-3,6,9,14,24H,1,4-5,7-8,10-13H2/t19-/m0/s1. The van der Waals surface area contributed by atoms with Gasteiger partial charge in [0.1, 0.15) is 5.76 Å². The maximum Gasteiger partial charge on any atom is 0.289 e. The molecular formula is C19H24N4O4. The van der Waals surface area contributed by atoms with Gasteiger partial charge in [-0.3, -0.25) is 9.59 Å². The van der Waals surface area contributed by atoms with Crippen molar-refractivity contribution in [2.75, 3.05) is 32.8 Å². The normalized spacial score (nSPS) is 22.8. The van der Waals surface area contributed by atoms with Crippen molar-refractivity contribution < 1.29 is 19.1 Å². The van der Waals surface area contributed by atoms with E-state index in [1.165, 1.54) is 0 Å². The van der Waals surface area contributed by atoms with Gasteiger partial charge < -0.3 is 23.9 Å². The highest BCUT2D eigenvalue weighted by Crippen LogP contribution is 2.40. The number of aliphatic hydroxyl groups is 1. The lowest BCUT2D eigenvalue weighted by Gasteiger charge is -2.39. The molecule has 2 fully saturated rings. The highest BCUT2D eigenvalue weighted by molar-refractivity contribution is 5.93. The molecule has 2 aliphatic rings. The van der Waals surface area contributed by atoms with E-state index in [0.717, 1.165) is 12.8 Å². The van der Waals surface area contributed by atoms with Crippen LogP contribution < -0.4 is 0 Å². The molecular weight excluding hydrogens is 348 g/mol. The molecule has 2 aromatic rings. The molecule has 27 heavy (non-hydrogen) atoms. The molecule has 0 radical (unpaired) electrons. The molecule has 1 N–H and O–H groups in total. The van der Waals surface area contributed by atoms with Crippen LogP contribution in [0.4, 0.5) is 0 Å². The monoisotopic (exact) mass is 372 g/mol. The van der Waals surface area contributed by atoms with E-state index in [9.17, 15) is 14.7 Å². The number of β-amino-alcohol motifs (C(OH)–C–C–N with tert-alkyl or cyclic N) is 1. The first-order valence-electron chi connectivity index (χ1n) is 9.35. The fourth-order valence-electron chi connectivity index (χ4n) is 4.20. The number of aliphatic hydroxyl groups excluding tert-OH is 1. The van der Waals surface area contributed by atoms with Crippen LogP contribution in [0.25, 0.3) is 0 Å². The molecule has 144 valence electrons. The lowest BCUT2D eigenvalue weighted by atomic mass is 9.78. The zero-order valence-corrected chi connectivity index (χ0v) is 15.2. The average Bonchev–Trinajstić information content (AvgIpc) is 3.41. The molecule has 2 saturated heterocycles. The van der Waals surface area contributed by atoms with Gasteiger partial charge in [0.05, 0.1) is 24.9 Å². The number of likely N-dealkylation sites (tertiary alicyclic amines) is 2. The number of rotatable bonds is 5. The van der Waals surface area contributed by atoms with Gasteiger partial charge in [0, 0.05) is 38.6 Å². The van der Waals surface area contributed by atoms with Crippen molar-refractivity contribution in [1.82, 2.24) is 19.4 Å². The van der Waals surface area contributed by atoms with Gasteiger partial charge in [-0.05, 0) is 31.4 Å². The molecule has 0 aliphatic carbocycles. The molecule has 2 aromatic heterocycles. The minimum atomic E-state index is -0.505. The van der Waals surface area contributed by atoms with Crippen LogP contribution in [-0.4, -0.2) is 69.1 Å². The van der Waals surface area contributed by atoms with E-state index in [-0.39, 0.29) is 18.4 Å². The van der Waals surface area contributed by atoms with Gasteiger partial charge in [0.2, 0.25) is 5.91 Å². The Hall–Kier alpha value is -2.61. The maximum atomic E-state index is 12.9. The zero-order valence-electron chi connectivity index (χ0n) is 15.2. The summed E-state index contributed by atoms with van der Waals surface area (Å²) in [5.41, 5.74) is -0.505. The quantitative estimate of drug-likeness (QED) is 0.844. The Morgan fingerprint density at radius 3 is 2.96 bits per heavy atom. The van der Waals surface area contributed by atoms with Crippen molar-refractivity contribution in [1.29, 1.82) is 0 Å². The van der Waals surface area contributed by atoms with Crippen LogP contribution in [0, 0.1) is 5.41 Å². The van der Waals surface area contributed by atoms with Gasteiger partial charge in [0.25, 0.3) is 5.91 Å². The maximum absolute atomic E-state index is 12.9. The van der Waals surface area contributed by atoms with Crippen molar-refractivity contribution >= 4 is 11.8 Å². The summed E-state index contributed by atoms with van der Waals surface area (Å²) >= 11 is 0. The molecule has 1 atom stereocenters. The number of piperidine rings is 1. The van der Waals surface area contributed by atoms with E-state index in [2.05, 4.69) is 4.98 Å². The largest absolute Gasteiger partial charge is 0.454 e. The summed E-state index contributed by atoms with van der Waals surface area (Å²) in [7, 11) is 0. The molecule has 1 spiro atoms. The lowest BCUT2D eigenvalue weighted by Crippen LogP contribution is -2.51. The first-order chi connectivity index (χ1) is 13.1. The van der Waals surface area contributed by atoms with E-state index in [1.54, 1.807) is 34.5 Å². The highest BCUT2D eigenvalue weighted by Gasteiger charge is 2.49. The summed E-state index contributed by atoms with van der Waals surface area (Å²) in [6, 6.07) is 3.49. The summed E-state index contributed by atoms with van der Waals surface area (Å²) in [5, 5.41) is 9.17. The molecule has 4 heterocycles. The lowest BCUT2D eigenvalue weighted by molar-refractivity contribution is -0.146. The molecule has 4 rings (SSSR count).